The maximum atomic E-state index is 11.5. The average Bonchev–Trinajstić information content (AvgIpc) is 3.22. The molecule has 6 heteroatoms. The van der Waals surface area contributed by atoms with Crippen molar-refractivity contribution in [3.05, 3.63) is 28.8 Å². The summed E-state index contributed by atoms with van der Waals surface area (Å²) in [5.74, 6) is 0.729. The van der Waals surface area contributed by atoms with E-state index in [0.29, 0.717) is 30.8 Å². The van der Waals surface area contributed by atoms with Gasteiger partial charge in [-0.1, -0.05) is 23.7 Å². The number of para-hydroxylation sites is 1. The molecule has 0 radical (unpaired) electrons. The first-order valence-corrected chi connectivity index (χ1v) is 7.78. The minimum absolute atomic E-state index is 0.0200. The van der Waals surface area contributed by atoms with Gasteiger partial charge in [0.05, 0.1) is 11.6 Å². The van der Waals surface area contributed by atoms with Gasteiger partial charge >= 0.3 is 6.03 Å². The van der Waals surface area contributed by atoms with Gasteiger partial charge in [-0.3, -0.25) is 0 Å². The van der Waals surface area contributed by atoms with Crippen LogP contribution in [0.4, 0.5) is 4.79 Å². The molecule has 1 aliphatic carbocycles. The molecule has 2 N–H and O–H groups in total. The number of carbonyl (C=O) groups is 1. The Kier molecular flexibility index (Phi) is 4.51. The Morgan fingerprint density at radius 3 is 3.00 bits per heavy atom. The lowest BCUT2D eigenvalue weighted by Gasteiger charge is -2.17. The molecule has 2 aliphatic rings. The second kappa shape index (κ2) is 6.54. The topological polar surface area (TPSA) is 53.6 Å². The zero-order chi connectivity index (χ0) is 14.7. The van der Waals surface area contributed by atoms with Crippen LogP contribution >= 0.6 is 11.6 Å². The zero-order valence-electron chi connectivity index (χ0n) is 11.9. The summed E-state index contributed by atoms with van der Waals surface area (Å²) in [6.07, 6.45) is 2.50. The van der Waals surface area contributed by atoms with Crippen LogP contribution in [0.1, 0.15) is 18.4 Å². The van der Waals surface area contributed by atoms with Crippen molar-refractivity contribution in [2.75, 3.05) is 26.2 Å². The van der Waals surface area contributed by atoms with Gasteiger partial charge < -0.3 is 20.3 Å². The number of nitrogens with zero attached hydrogens (tertiary/aromatic N) is 1. The van der Waals surface area contributed by atoms with Crippen LogP contribution < -0.4 is 15.4 Å². The Labute approximate surface area is 129 Å². The number of amides is 2. The lowest BCUT2D eigenvalue weighted by atomic mass is 10.2. The number of ether oxygens (including phenoxy) is 1. The third-order valence-corrected chi connectivity index (χ3v) is 4.06. The summed E-state index contributed by atoms with van der Waals surface area (Å²) in [6, 6.07) is 6.42. The van der Waals surface area contributed by atoms with E-state index in [0.717, 1.165) is 24.4 Å². The van der Waals surface area contributed by atoms with Crippen LogP contribution in [0.3, 0.4) is 0 Å². The standard InChI is InChI=1S/C15H20ClN3O2/c16-13-3-1-2-11(10-18-12-4-5-12)14(13)21-9-8-19-7-6-17-15(19)20/h1-3,12,18H,4-10H2,(H,17,20). The summed E-state index contributed by atoms with van der Waals surface area (Å²) < 4.78 is 5.84. The van der Waals surface area contributed by atoms with Crippen molar-refractivity contribution in [1.82, 2.24) is 15.5 Å². The molecule has 0 aromatic heterocycles. The van der Waals surface area contributed by atoms with Gasteiger partial charge in [0.15, 0.2) is 0 Å². The van der Waals surface area contributed by atoms with Crippen molar-refractivity contribution in [2.24, 2.45) is 0 Å². The lowest BCUT2D eigenvalue weighted by molar-refractivity contribution is 0.202. The van der Waals surface area contributed by atoms with E-state index in [1.165, 1.54) is 12.8 Å². The molecule has 1 saturated heterocycles. The normalized spacial score (nSPS) is 18.0. The lowest BCUT2D eigenvalue weighted by Crippen LogP contribution is -2.32. The molecule has 1 heterocycles. The number of halogens is 1. The van der Waals surface area contributed by atoms with E-state index in [4.69, 9.17) is 16.3 Å². The van der Waals surface area contributed by atoms with Gasteiger partial charge in [-0.05, 0) is 18.9 Å². The first-order chi connectivity index (χ1) is 10.2. The van der Waals surface area contributed by atoms with E-state index >= 15 is 0 Å². The van der Waals surface area contributed by atoms with Crippen molar-refractivity contribution in [1.29, 1.82) is 0 Å². The van der Waals surface area contributed by atoms with Gasteiger partial charge in [0.1, 0.15) is 12.4 Å². The number of carbonyl (C=O) groups excluding carboxylic acids is 1. The van der Waals surface area contributed by atoms with Crippen LogP contribution in [0, 0.1) is 0 Å². The molecule has 1 aromatic carbocycles. The Morgan fingerprint density at radius 2 is 2.29 bits per heavy atom. The largest absolute Gasteiger partial charge is 0.490 e. The van der Waals surface area contributed by atoms with E-state index in [9.17, 15) is 4.79 Å². The highest BCUT2D eigenvalue weighted by Gasteiger charge is 2.22. The van der Waals surface area contributed by atoms with Crippen LogP contribution in [0.5, 0.6) is 5.75 Å². The van der Waals surface area contributed by atoms with Gasteiger partial charge in [-0.2, -0.15) is 0 Å². The second-order valence-corrected chi connectivity index (χ2v) is 5.86. The zero-order valence-corrected chi connectivity index (χ0v) is 12.7. The minimum Gasteiger partial charge on any atom is -0.490 e. The molecule has 1 aromatic rings. The molecular weight excluding hydrogens is 290 g/mol. The summed E-state index contributed by atoms with van der Waals surface area (Å²) in [6.45, 7) is 3.24. The Hall–Kier alpha value is -1.46. The number of rotatable bonds is 7. The molecule has 1 saturated carbocycles. The molecule has 0 spiro atoms. The summed E-state index contributed by atoms with van der Waals surface area (Å²) in [5.41, 5.74) is 1.07. The van der Waals surface area contributed by atoms with Crippen molar-refractivity contribution in [3.8, 4) is 5.75 Å². The van der Waals surface area contributed by atoms with Crippen molar-refractivity contribution >= 4 is 17.6 Å². The van der Waals surface area contributed by atoms with E-state index in [-0.39, 0.29) is 6.03 Å². The van der Waals surface area contributed by atoms with Gasteiger partial charge in [-0.15, -0.1) is 0 Å². The molecule has 2 amide bonds. The van der Waals surface area contributed by atoms with Crippen molar-refractivity contribution in [2.45, 2.75) is 25.4 Å². The SMILES string of the molecule is O=C1NCCN1CCOc1c(Cl)cccc1CNC1CC1. The highest BCUT2D eigenvalue weighted by molar-refractivity contribution is 6.32. The van der Waals surface area contributed by atoms with E-state index < -0.39 is 0 Å². The van der Waals surface area contributed by atoms with Gasteiger partial charge in [0, 0.05) is 31.2 Å². The highest BCUT2D eigenvalue weighted by Crippen LogP contribution is 2.29. The molecule has 2 fully saturated rings. The van der Waals surface area contributed by atoms with Crippen molar-refractivity contribution in [3.63, 3.8) is 0 Å². The Morgan fingerprint density at radius 1 is 1.43 bits per heavy atom. The smallest absolute Gasteiger partial charge is 0.317 e. The van der Waals surface area contributed by atoms with Crippen LogP contribution in [0.2, 0.25) is 5.02 Å². The summed E-state index contributed by atoms with van der Waals surface area (Å²) in [4.78, 5) is 13.2. The second-order valence-electron chi connectivity index (χ2n) is 5.45. The quantitative estimate of drug-likeness (QED) is 0.810. The maximum Gasteiger partial charge on any atom is 0.317 e. The Balaban J connectivity index is 1.56. The minimum atomic E-state index is -0.0200. The monoisotopic (exact) mass is 309 g/mol. The van der Waals surface area contributed by atoms with Gasteiger partial charge in [-0.25, -0.2) is 4.79 Å². The number of nitrogens with one attached hydrogen (secondary N) is 2. The molecule has 21 heavy (non-hydrogen) atoms. The molecule has 0 atom stereocenters. The number of hydrogen-bond acceptors (Lipinski definition) is 3. The fourth-order valence-corrected chi connectivity index (χ4v) is 2.63. The molecular formula is C15H20ClN3O2. The van der Waals surface area contributed by atoms with Gasteiger partial charge in [0.2, 0.25) is 0 Å². The summed E-state index contributed by atoms with van der Waals surface area (Å²) >= 11 is 6.24. The summed E-state index contributed by atoms with van der Waals surface area (Å²) in [5, 5.41) is 6.86. The van der Waals surface area contributed by atoms with E-state index in [1.807, 2.05) is 18.2 Å². The van der Waals surface area contributed by atoms with Crippen LogP contribution in [0.25, 0.3) is 0 Å². The number of benzene rings is 1. The fourth-order valence-electron chi connectivity index (χ4n) is 2.38. The van der Waals surface area contributed by atoms with Crippen molar-refractivity contribution < 1.29 is 9.53 Å². The first-order valence-electron chi connectivity index (χ1n) is 7.40. The summed E-state index contributed by atoms with van der Waals surface area (Å²) in [7, 11) is 0. The highest BCUT2D eigenvalue weighted by atomic mass is 35.5. The van der Waals surface area contributed by atoms with E-state index in [2.05, 4.69) is 10.6 Å². The predicted molar refractivity (Wildman–Crippen MR) is 81.8 cm³/mol. The van der Waals surface area contributed by atoms with E-state index in [1.54, 1.807) is 4.90 Å². The van der Waals surface area contributed by atoms with Crippen LogP contribution in [0.15, 0.2) is 18.2 Å². The van der Waals surface area contributed by atoms with Crippen LogP contribution in [-0.2, 0) is 6.54 Å². The average molecular weight is 310 g/mol. The van der Waals surface area contributed by atoms with Crippen LogP contribution in [-0.4, -0.2) is 43.2 Å². The molecule has 114 valence electrons. The number of hydrogen-bond donors (Lipinski definition) is 2. The number of urea groups is 1. The third kappa shape index (κ3) is 3.80. The fraction of sp³-hybridized carbons (Fsp3) is 0.533. The van der Waals surface area contributed by atoms with Gasteiger partial charge in [0.25, 0.3) is 0 Å². The molecule has 3 rings (SSSR count). The predicted octanol–water partition coefficient (Wildman–Crippen LogP) is 2.00. The molecule has 0 unspecified atom stereocenters. The molecule has 0 bridgehead atoms. The Bertz CT molecular complexity index is 520. The first kappa shape index (κ1) is 14.5. The molecule has 1 aliphatic heterocycles. The maximum absolute atomic E-state index is 11.5. The molecule has 5 nitrogen and oxygen atoms in total. The third-order valence-electron chi connectivity index (χ3n) is 3.76.